The van der Waals surface area contributed by atoms with Gasteiger partial charge in [-0.15, -0.1) is 24.8 Å². The largest absolute Gasteiger partial charge is 0.457 e. The number of aromatic nitrogens is 1. The zero-order valence-corrected chi connectivity index (χ0v) is 17.5. The Hall–Kier alpha value is -2.34. The summed E-state index contributed by atoms with van der Waals surface area (Å²) < 4.78 is 6.01. The van der Waals surface area contributed by atoms with Crippen LogP contribution in [0.4, 0.5) is 5.69 Å². The quantitative estimate of drug-likeness (QED) is 0.582. The smallest absolute Gasteiger partial charge is 0.227 e. The van der Waals surface area contributed by atoms with E-state index in [4.69, 9.17) is 10.5 Å². The van der Waals surface area contributed by atoms with E-state index in [1.165, 1.54) is 0 Å². The van der Waals surface area contributed by atoms with E-state index >= 15 is 0 Å². The molecule has 4 rings (SSSR count). The molecule has 7 heteroatoms. The molecule has 1 aromatic heterocycles. The summed E-state index contributed by atoms with van der Waals surface area (Å²) in [6, 6.07) is 17.3. The fraction of sp³-hybridized carbons (Fsp3) is 0.273. The van der Waals surface area contributed by atoms with Crippen molar-refractivity contribution in [1.82, 2.24) is 4.98 Å². The molecule has 3 N–H and O–H groups in total. The van der Waals surface area contributed by atoms with Crippen LogP contribution in [0.1, 0.15) is 25.7 Å². The number of ether oxygens (including phenoxy) is 1. The average molecular weight is 434 g/mol. The van der Waals surface area contributed by atoms with Crippen molar-refractivity contribution in [3.8, 4) is 11.5 Å². The summed E-state index contributed by atoms with van der Waals surface area (Å²) in [4.78, 5) is 16.8. The molecule has 2 unspecified atom stereocenters. The van der Waals surface area contributed by atoms with Gasteiger partial charge < -0.3 is 15.8 Å². The molecule has 1 fully saturated rings. The number of carbonyl (C=O) groups excluding carboxylic acids is 1. The molecule has 1 saturated carbocycles. The van der Waals surface area contributed by atoms with Crippen molar-refractivity contribution in [1.29, 1.82) is 0 Å². The molecule has 5 nitrogen and oxygen atoms in total. The molecule has 154 valence electrons. The number of nitrogens with one attached hydrogen (secondary N) is 1. The minimum Gasteiger partial charge on any atom is -0.457 e. The first-order valence-corrected chi connectivity index (χ1v) is 9.37. The van der Waals surface area contributed by atoms with Crippen LogP contribution in [-0.2, 0) is 4.79 Å². The van der Waals surface area contributed by atoms with Crippen molar-refractivity contribution < 1.29 is 9.53 Å². The molecule has 1 aliphatic carbocycles. The Morgan fingerprint density at radius 1 is 1.03 bits per heavy atom. The van der Waals surface area contributed by atoms with Crippen LogP contribution in [0.25, 0.3) is 10.9 Å². The highest BCUT2D eigenvalue weighted by molar-refractivity contribution is 5.92. The number of hydrogen-bond acceptors (Lipinski definition) is 4. The standard InChI is InChI=1S/C22H23N3O2.2ClH/c23-16-5-3-4-15(14-16)22(26)25-17-8-10-18(11-9-17)27-21-12-13-24-20-7-2-1-6-19(20)21;;/h1-2,6-13,15-16H,3-5,14,23H2,(H,25,26);2*1H. The van der Waals surface area contributed by atoms with Crippen LogP contribution in [0.3, 0.4) is 0 Å². The van der Waals surface area contributed by atoms with E-state index in [1.54, 1.807) is 6.20 Å². The van der Waals surface area contributed by atoms with Gasteiger partial charge in [-0.3, -0.25) is 9.78 Å². The molecular weight excluding hydrogens is 409 g/mol. The molecule has 0 radical (unpaired) electrons. The van der Waals surface area contributed by atoms with Crippen LogP contribution in [-0.4, -0.2) is 16.9 Å². The maximum absolute atomic E-state index is 12.4. The van der Waals surface area contributed by atoms with Crippen molar-refractivity contribution in [2.24, 2.45) is 11.7 Å². The number of nitrogens with zero attached hydrogens (tertiary/aromatic N) is 1. The molecular formula is C22H25Cl2N3O2. The molecule has 2 atom stereocenters. The summed E-state index contributed by atoms with van der Waals surface area (Å²) in [5.74, 6) is 1.53. The monoisotopic (exact) mass is 433 g/mol. The van der Waals surface area contributed by atoms with Crippen LogP contribution >= 0.6 is 24.8 Å². The fourth-order valence-corrected chi connectivity index (χ4v) is 3.60. The fourth-order valence-electron chi connectivity index (χ4n) is 3.60. The second kappa shape index (κ2) is 10.4. The van der Waals surface area contributed by atoms with Crippen LogP contribution in [0.15, 0.2) is 60.8 Å². The van der Waals surface area contributed by atoms with E-state index in [2.05, 4.69) is 10.3 Å². The van der Waals surface area contributed by atoms with Crippen LogP contribution in [0.5, 0.6) is 11.5 Å². The predicted octanol–water partition coefficient (Wildman–Crippen LogP) is 5.33. The minimum atomic E-state index is 0. The summed E-state index contributed by atoms with van der Waals surface area (Å²) in [6.07, 6.45) is 5.45. The van der Waals surface area contributed by atoms with Crippen LogP contribution < -0.4 is 15.8 Å². The number of fused-ring (bicyclic) bond motifs is 1. The normalized spacial score (nSPS) is 18.2. The van der Waals surface area contributed by atoms with E-state index in [1.807, 2.05) is 54.6 Å². The Morgan fingerprint density at radius 3 is 2.55 bits per heavy atom. The molecule has 3 aromatic rings. The number of benzene rings is 2. The lowest BCUT2D eigenvalue weighted by molar-refractivity contribution is -0.120. The Balaban J connectivity index is 0.00000150. The number of anilines is 1. The molecule has 2 aromatic carbocycles. The molecule has 0 spiro atoms. The van der Waals surface area contributed by atoms with Crippen molar-refractivity contribution in [3.63, 3.8) is 0 Å². The molecule has 1 aliphatic rings. The Morgan fingerprint density at radius 2 is 1.79 bits per heavy atom. The number of carbonyl (C=O) groups is 1. The number of amides is 1. The van der Waals surface area contributed by atoms with E-state index in [9.17, 15) is 4.79 Å². The third-order valence-corrected chi connectivity index (χ3v) is 5.04. The number of halogens is 2. The molecule has 1 heterocycles. The lowest BCUT2D eigenvalue weighted by Gasteiger charge is -2.25. The topological polar surface area (TPSA) is 77.2 Å². The third kappa shape index (κ3) is 5.60. The number of pyridine rings is 1. The second-order valence-corrected chi connectivity index (χ2v) is 7.07. The highest BCUT2D eigenvalue weighted by atomic mass is 35.5. The van der Waals surface area contributed by atoms with E-state index in [0.29, 0.717) is 5.75 Å². The number of hydrogen-bond donors (Lipinski definition) is 2. The van der Waals surface area contributed by atoms with Crippen molar-refractivity contribution in [2.75, 3.05) is 5.32 Å². The summed E-state index contributed by atoms with van der Waals surface area (Å²) in [7, 11) is 0. The minimum absolute atomic E-state index is 0. The highest BCUT2D eigenvalue weighted by Crippen LogP contribution is 2.30. The molecule has 29 heavy (non-hydrogen) atoms. The average Bonchev–Trinajstić information content (AvgIpc) is 2.70. The van der Waals surface area contributed by atoms with Gasteiger partial charge in [-0.25, -0.2) is 0 Å². The Labute approximate surface area is 182 Å². The molecule has 0 saturated heterocycles. The Kier molecular flexibility index (Phi) is 8.26. The number of para-hydroxylation sites is 1. The first-order chi connectivity index (χ1) is 13.2. The van der Waals surface area contributed by atoms with Crippen molar-refractivity contribution in [3.05, 3.63) is 60.8 Å². The summed E-state index contributed by atoms with van der Waals surface area (Å²) >= 11 is 0. The van der Waals surface area contributed by atoms with Gasteiger partial charge in [0.05, 0.1) is 5.52 Å². The van der Waals surface area contributed by atoms with E-state index in [-0.39, 0.29) is 42.7 Å². The second-order valence-electron chi connectivity index (χ2n) is 7.07. The predicted molar refractivity (Wildman–Crippen MR) is 121 cm³/mol. The van der Waals surface area contributed by atoms with Gasteiger partial charge in [0.1, 0.15) is 11.5 Å². The number of rotatable bonds is 4. The maximum Gasteiger partial charge on any atom is 0.227 e. The summed E-state index contributed by atoms with van der Waals surface area (Å²) in [5, 5.41) is 3.96. The lowest BCUT2D eigenvalue weighted by Crippen LogP contribution is -2.34. The number of nitrogens with two attached hydrogens (primary N) is 1. The molecule has 0 aliphatic heterocycles. The van der Waals surface area contributed by atoms with E-state index in [0.717, 1.165) is 48.0 Å². The van der Waals surface area contributed by atoms with Crippen LogP contribution in [0, 0.1) is 5.92 Å². The van der Waals surface area contributed by atoms with Gasteiger partial charge >= 0.3 is 0 Å². The summed E-state index contributed by atoms with van der Waals surface area (Å²) in [5.41, 5.74) is 7.65. The zero-order valence-electron chi connectivity index (χ0n) is 15.9. The first kappa shape index (κ1) is 22.9. The first-order valence-electron chi connectivity index (χ1n) is 9.37. The van der Waals surface area contributed by atoms with Gasteiger partial charge in [0, 0.05) is 29.2 Å². The van der Waals surface area contributed by atoms with Crippen LogP contribution in [0.2, 0.25) is 0 Å². The van der Waals surface area contributed by atoms with Gasteiger partial charge in [-0.1, -0.05) is 18.6 Å². The SMILES string of the molecule is Cl.Cl.NC1CCCC(C(=O)Nc2ccc(Oc3ccnc4ccccc34)cc2)C1. The van der Waals surface area contributed by atoms with Crippen molar-refractivity contribution >= 4 is 47.3 Å². The lowest BCUT2D eigenvalue weighted by atomic mass is 9.85. The van der Waals surface area contributed by atoms with Gasteiger partial charge in [-0.2, -0.15) is 0 Å². The third-order valence-electron chi connectivity index (χ3n) is 5.04. The maximum atomic E-state index is 12.4. The van der Waals surface area contributed by atoms with Gasteiger partial charge in [0.2, 0.25) is 5.91 Å². The van der Waals surface area contributed by atoms with Gasteiger partial charge in [-0.05, 0) is 61.7 Å². The summed E-state index contributed by atoms with van der Waals surface area (Å²) in [6.45, 7) is 0. The van der Waals surface area contributed by atoms with Gasteiger partial charge in [0.15, 0.2) is 0 Å². The van der Waals surface area contributed by atoms with Crippen molar-refractivity contribution in [2.45, 2.75) is 31.7 Å². The highest BCUT2D eigenvalue weighted by Gasteiger charge is 2.25. The molecule has 0 bridgehead atoms. The Bertz CT molecular complexity index is 945. The molecule has 1 amide bonds. The van der Waals surface area contributed by atoms with E-state index < -0.39 is 0 Å². The van der Waals surface area contributed by atoms with Gasteiger partial charge in [0.25, 0.3) is 0 Å². The zero-order chi connectivity index (χ0) is 18.6.